The SMILES string of the molecule is Cc1cccc(OO[SiH2]OP)c1C. The van der Waals surface area contributed by atoms with Gasteiger partial charge in [-0.15, -0.1) is 0 Å². The van der Waals surface area contributed by atoms with E-state index in [1.807, 2.05) is 32.0 Å². The van der Waals surface area contributed by atoms with Crippen LogP contribution in [-0.4, -0.2) is 10.0 Å². The normalized spacial score (nSPS) is 11.0. The van der Waals surface area contributed by atoms with Crippen LogP contribution in [0.25, 0.3) is 0 Å². The quantitative estimate of drug-likeness (QED) is 0.250. The standard InChI is InChI=1S/C8H13O3PSi/c1-6-4-3-5-8(7(6)2)9-10-13-11-12/h3-5H,12-13H2,1-2H3. The van der Waals surface area contributed by atoms with Crippen LogP contribution in [0.2, 0.25) is 0 Å². The number of hydrogen-bond donors (Lipinski definition) is 0. The fourth-order valence-electron chi connectivity index (χ4n) is 0.930. The molecule has 0 aliphatic rings. The average molecular weight is 216 g/mol. The van der Waals surface area contributed by atoms with Crippen molar-refractivity contribution in [3.63, 3.8) is 0 Å². The van der Waals surface area contributed by atoms with Gasteiger partial charge < -0.3 is 9.10 Å². The molecule has 0 spiro atoms. The molecule has 1 aromatic rings. The molecule has 0 aliphatic carbocycles. The molecule has 0 heterocycles. The third-order valence-electron chi connectivity index (χ3n) is 1.82. The first-order valence-corrected chi connectivity index (χ1v) is 5.55. The molecule has 0 N–H and O–H groups in total. The highest BCUT2D eigenvalue weighted by atomic mass is 31.0. The minimum absolute atomic E-state index is 0.759. The van der Waals surface area contributed by atoms with E-state index in [1.54, 1.807) is 0 Å². The van der Waals surface area contributed by atoms with Crippen LogP contribution >= 0.6 is 9.47 Å². The first-order chi connectivity index (χ1) is 6.25. The van der Waals surface area contributed by atoms with Crippen molar-refractivity contribution in [3.8, 4) is 5.75 Å². The molecule has 0 saturated carbocycles. The van der Waals surface area contributed by atoms with Gasteiger partial charge in [0.1, 0.15) is 0 Å². The number of aryl methyl sites for hydroxylation is 1. The van der Waals surface area contributed by atoms with Crippen LogP contribution in [0.5, 0.6) is 5.75 Å². The lowest BCUT2D eigenvalue weighted by molar-refractivity contribution is -0.109. The van der Waals surface area contributed by atoms with Crippen LogP contribution in [0.1, 0.15) is 11.1 Å². The zero-order valence-corrected chi connectivity index (χ0v) is 10.3. The van der Waals surface area contributed by atoms with E-state index in [0.29, 0.717) is 0 Å². The maximum atomic E-state index is 5.08. The van der Waals surface area contributed by atoms with E-state index in [1.165, 1.54) is 5.56 Å². The molecular formula is C8H13O3PSi. The van der Waals surface area contributed by atoms with Crippen molar-refractivity contribution in [3.05, 3.63) is 29.3 Å². The number of benzene rings is 1. The predicted octanol–water partition coefficient (Wildman–Crippen LogP) is 1.42. The lowest BCUT2D eigenvalue weighted by Crippen LogP contribution is -2.03. The molecule has 0 saturated heterocycles. The van der Waals surface area contributed by atoms with Crippen LogP contribution in [0, 0.1) is 13.8 Å². The summed E-state index contributed by atoms with van der Waals surface area (Å²) in [5.41, 5.74) is 2.29. The zero-order valence-electron chi connectivity index (χ0n) is 7.74. The monoisotopic (exact) mass is 216 g/mol. The molecule has 0 amide bonds. The van der Waals surface area contributed by atoms with Crippen LogP contribution in [0.3, 0.4) is 0 Å². The lowest BCUT2D eigenvalue weighted by Gasteiger charge is -2.08. The summed E-state index contributed by atoms with van der Waals surface area (Å²) in [7, 11) is 1.13. The first-order valence-electron chi connectivity index (χ1n) is 3.93. The minimum atomic E-state index is -1.01. The van der Waals surface area contributed by atoms with E-state index < -0.39 is 10.0 Å². The van der Waals surface area contributed by atoms with Gasteiger partial charge in [-0.05, 0) is 40.5 Å². The van der Waals surface area contributed by atoms with Crippen molar-refractivity contribution in [1.29, 1.82) is 0 Å². The molecule has 1 unspecified atom stereocenters. The van der Waals surface area contributed by atoms with E-state index in [9.17, 15) is 0 Å². The fraction of sp³-hybridized carbons (Fsp3) is 0.250. The van der Waals surface area contributed by atoms with E-state index in [4.69, 9.17) is 13.7 Å². The van der Waals surface area contributed by atoms with Crippen molar-refractivity contribution in [2.24, 2.45) is 0 Å². The van der Waals surface area contributed by atoms with Crippen LogP contribution in [0.15, 0.2) is 18.2 Å². The second kappa shape index (κ2) is 5.35. The summed E-state index contributed by atoms with van der Waals surface area (Å²) in [6.45, 7) is 4.03. The van der Waals surface area contributed by atoms with Crippen molar-refractivity contribution in [1.82, 2.24) is 0 Å². The number of hydrogen-bond acceptors (Lipinski definition) is 3. The fourth-order valence-corrected chi connectivity index (χ4v) is 1.33. The Bertz CT molecular complexity index is 280. The summed E-state index contributed by atoms with van der Waals surface area (Å²) >= 11 is 0. The van der Waals surface area contributed by atoms with E-state index in [2.05, 4.69) is 9.47 Å². The molecule has 13 heavy (non-hydrogen) atoms. The molecule has 1 rings (SSSR count). The Labute approximate surface area is 82.7 Å². The smallest absolute Gasteiger partial charge is 0.363 e. The number of rotatable bonds is 4. The molecule has 0 aliphatic heterocycles. The van der Waals surface area contributed by atoms with Gasteiger partial charge in [-0.25, -0.2) is 4.58 Å². The molecule has 72 valence electrons. The highest BCUT2D eigenvalue weighted by Gasteiger charge is 2.01. The Morgan fingerprint density at radius 1 is 1.31 bits per heavy atom. The molecule has 1 aromatic carbocycles. The zero-order chi connectivity index (χ0) is 9.68. The Balaban J connectivity index is 2.61. The molecule has 1 atom stereocenters. The molecule has 0 radical (unpaired) electrons. The van der Waals surface area contributed by atoms with Gasteiger partial charge in [0.2, 0.25) is 0 Å². The Morgan fingerprint density at radius 2 is 2.08 bits per heavy atom. The Hall–Kier alpha value is -0.413. The van der Waals surface area contributed by atoms with Gasteiger partial charge in [0.15, 0.2) is 5.75 Å². The highest BCUT2D eigenvalue weighted by Crippen LogP contribution is 2.20. The average Bonchev–Trinajstić information content (AvgIpc) is 2.13. The van der Waals surface area contributed by atoms with E-state index in [-0.39, 0.29) is 0 Å². The van der Waals surface area contributed by atoms with Crippen molar-refractivity contribution < 1.29 is 13.7 Å². The van der Waals surface area contributed by atoms with Gasteiger partial charge >= 0.3 is 10.0 Å². The summed E-state index contributed by atoms with van der Waals surface area (Å²) in [5.74, 6) is 0.759. The van der Waals surface area contributed by atoms with Gasteiger partial charge in [-0.2, -0.15) is 0 Å². The van der Waals surface area contributed by atoms with Crippen molar-refractivity contribution in [2.75, 3.05) is 0 Å². The molecule has 0 bridgehead atoms. The van der Waals surface area contributed by atoms with Gasteiger partial charge in [-0.1, -0.05) is 12.1 Å². The second-order valence-corrected chi connectivity index (χ2v) is 4.49. The summed E-state index contributed by atoms with van der Waals surface area (Å²) in [4.78, 5) is 5.08. The third kappa shape index (κ3) is 3.08. The van der Waals surface area contributed by atoms with Crippen molar-refractivity contribution in [2.45, 2.75) is 13.8 Å². The predicted molar refractivity (Wildman–Crippen MR) is 57.0 cm³/mol. The molecule has 3 nitrogen and oxygen atoms in total. The van der Waals surface area contributed by atoms with Crippen molar-refractivity contribution >= 4 is 19.5 Å². The molecule has 0 fully saturated rings. The third-order valence-corrected chi connectivity index (χ3v) is 2.58. The van der Waals surface area contributed by atoms with Gasteiger partial charge in [0.25, 0.3) is 0 Å². The summed E-state index contributed by atoms with van der Waals surface area (Å²) in [6, 6.07) is 5.84. The topological polar surface area (TPSA) is 27.7 Å². The van der Waals surface area contributed by atoms with Crippen LogP contribution in [-0.2, 0) is 8.79 Å². The molecule has 0 aromatic heterocycles. The van der Waals surface area contributed by atoms with Crippen LogP contribution in [0.4, 0.5) is 0 Å². The molecular weight excluding hydrogens is 203 g/mol. The second-order valence-electron chi connectivity index (χ2n) is 2.68. The summed E-state index contributed by atoms with van der Waals surface area (Å²) in [6.07, 6.45) is 0. The Morgan fingerprint density at radius 3 is 2.77 bits per heavy atom. The van der Waals surface area contributed by atoms with Crippen LogP contribution < -0.4 is 4.89 Å². The summed E-state index contributed by atoms with van der Waals surface area (Å²) < 4.78 is 9.64. The first kappa shape index (κ1) is 10.7. The van der Waals surface area contributed by atoms with Gasteiger partial charge in [0.05, 0.1) is 0 Å². The highest BCUT2D eigenvalue weighted by molar-refractivity contribution is 7.11. The largest absolute Gasteiger partial charge is 0.379 e. The maximum absolute atomic E-state index is 5.08. The minimum Gasteiger partial charge on any atom is -0.379 e. The summed E-state index contributed by atoms with van der Waals surface area (Å²) in [5, 5.41) is 0. The maximum Gasteiger partial charge on any atom is 0.363 e. The lowest BCUT2D eigenvalue weighted by atomic mass is 10.1. The Kier molecular flexibility index (Phi) is 4.39. The van der Waals surface area contributed by atoms with Gasteiger partial charge in [-0.3, -0.25) is 0 Å². The molecule has 5 heteroatoms. The van der Waals surface area contributed by atoms with Gasteiger partial charge in [0, 0.05) is 0 Å². The van der Waals surface area contributed by atoms with E-state index >= 15 is 0 Å². The van der Waals surface area contributed by atoms with E-state index in [0.717, 1.165) is 11.3 Å².